The van der Waals surface area contributed by atoms with Gasteiger partial charge in [0.15, 0.2) is 0 Å². The first-order valence-electron chi connectivity index (χ1n) is 8.99. The van der Waals surface area contributed by atoms with Crippen LogP contribution in [0.2, 0.25) is 0 Å². The molecule has 1 N–H and O–H groups in total. The third-order valence-corrected chi connectivity index (χ3v) is 4.13. The summed E-state index contributed by atoms with van der Waals surface area (Å²) in [5, 5.41) is 9.64. The van der Waals surface area contributed by atoms with Crippen molar-refractivity contribution in [3.8, 4) is 5.75 Å². The highest BCUT2D eigenvalue weighted by atomic mass is 16.5. The number of rotatable bonds is 10. The van der Waals surface area contributed by atoms with Gasteiger partial charge in [-0.25, -0.2) is 4.79 Å². The molecular weight excluding hydrogens is 288 g/mol. The van der Waals surface area contributed by atoms with Gasteiger partial charge in [0, 0.05) is 0 Å². The molecule has 0 aliphatic rings. The van der Waals surface area contributed by atoms with Crippen LogP contribution in [0.1, 0.15) is 80.9 Å². The molecule has 23 heavy (non-hydrogen) atoms. The number of carboxylic acid groups (broad SMARTS) is 1. The van der Waals surface area contributed by atoms with Gasteiger partial charge >= 0.3 is 5.97 Å². The molecule has 1 aromatic rings. The second-order valence-electron chi connectivity index (χ2n) is 6.56. The van der Waals surface area contributed by atoms with Gasteiger partial charge in [-0.1, -0.05) is 47.5 Å². The van der Waals surface area contributed by atoms with Crippen LogP contribution in [0.15, 0.2) is 6.07 Å². The van der Waals surface area contributed by atoms with E-state index in [1.165, 1.54) is 11.1 Å². The van der Waals surface area contributed by atoms with Crippen molar-refractivity contribution in [1.82, 2.24) is 0 Å². The van der Waals surface area contributed by atoms with Gasteiger partial charge in [-0.05, 0) is 54.4 Å². The molecule has 0 atom stereocenters. The number of carbonyl (C=O) groups is 1. The summed E-state index contributed by atoms with van der Waals surface area (Å²) < 4.78 is 5.99. The van der Waals surface area contributed by atoms with E-state index in [1.54, 1.807) is 0 Å². The zero-order valence-corrected chi connectivity index (χ0v) is 15.4. The molecule has 0 aliphatic carbocycles. The van der Waals surface area contributed by atoms with Gasteiger partial charge in [0.1, 0.15) is 11.3 Å². The fourth-order valence-corrected chi connectivity index (χ4v) is 2.99. The van der Waals surface area contributed by atoms with E-state index in [4.69, 9.17) is 4.74 Å². The van der Waals surface area contributed by atoms with Crippen molar-refractivity contribution in [2.45, 2.75) is 73.1 Å². The molecule has 3 nitrogen and oxygen atoms in total. The Hall–Kier alpha value is -1.51. The monoisotopic (exact) mass is 320 g/mol. The number of hydrogen-bond acceptors (Lipinski definition) is 2. The molecule has 0 aromatic heterocycles. The Morgan fingerprint density at radius 3 is 2.26 bits per heavy atom. The molecule has 0 aliphatic heterocycles. The lowest BCUT2D eigenvalue weighted by Crippen LogP contribution is -2.12. The van der Waals surface area contributed by atoms with Gasteiger partial charge in [-0.3, -0.25) is 0 Å². The second-order valence-corrected chi connectivity index (χ2v) is 6.56. The Morgan fingerprint density at radius 1 is 1.13 bits per heavy atom. The number of ether oxygens (including phenoxy) is 1. The van der Waals surface area contributed by atoms with E-state index in [2.05, 4.69) is 34.6 Å². The van der Waals surface area contributed by atoms with Gasteiger partial charge in [0.2, 0.25) is 0 Å². The van der Waals surface area contributed by atoms with E-state index in [0.717, 1.165) is 44.1 Å². The number of aromatic carboxylic acids is 1. The predicted molar refractivity (Wildman–Crippen MR) is 95.7 cm³/mol. The van der Waals surface area contributed by atoms with Crippen molar-refractivity contribution >= 4 is 5.97 Å². The summed E-state index contributed by atoms with van der Waals surface area (Å²) >= 11 is 0. The normalized spacial score (nSPS) is 11.0. The lowest BCUT2D eigenvalue weighted by atomic mass is 9.90. The molecule has 0 spiro atoms. The standard InChI is InChI=1S/C20H32O3/c1-6-9-15-13-18(20(21)22)19(23-12-11-14(4)5)17(10-7-2)16(15)8-3/h13-14H,6-12H2,1-5H3,(H,21,22). The van der Waals surface area contributed by atoms with Crippen LogP contribution in [0, 0.1) is 5.92 Å². The molecule has 0 bridgehead atoms. The maximum absolute atomic E-state index is 11.8. The third-order valence-electron chi connectivity index (χ3n) is 4.13. The summed E-state index contributed by atoms with van der Waals surface area (Å²) in [7, 11) is 0. The highest BCUT2D eigenvalue weighted by Crippen LogP contribution is 2.33. The first kappa shape index (κ1) is 19.5. The maximum Gasteiger partial charge on any atom is 0.339 e. The van der Waals surface area contributed by atoms with Crippen LogP contribution in [0.3, 0.4) is 0 Å². The van der Waals surface area contributed by atoms with E-state index < -0.39 is 5.97 Å². The van der Waals surface area contributed by atoms with Crippen LogP contribution < -0.4 is 4.74 Å². The molecule has 0 saturated carbocycles. The smallest absolute Gasteiger partial charge is 0.339 e. The Bertz CT molecular complexity index is 518. The largest absolute Gasteiger partial charge is 0.492 e. The highest BCUT2D eigenvalue weighted by Gasteiger charge is 2.21. The fourth-order valence-electron chi connectivity index (χ4n) is 2.99. The van der Waals surface area contributed by atoms with Crippen LogP contribution in [0.4, 0.5) is 0 Å². The lowest BCUT2D eigenvalue weighted by molar-refractivity contribution is 0.0691. The summed E-state index contributed by atoms with van der Waals surface area (Å²) in [6, 6.07) is 1.84. The molecule has 0 heterocycles. The average Bonchev–Trinajstić information content (AvgIpc) is 2.49. The maximum atomic E-state index is 11.8. The molecule has 0 amide bonds. The number of hydrogen-bond donors (Lipinski definition) is 1. The zero-order valence-electron chi connectivity index (χ0n) is 15.4. The van der Waals surface area contributed by atoms with Crippen molar-refractivity contribution in [2.24, 2.45) is 5.92 Å². The Labute approximate surface area is 141 Å². The van der Waals surface area contributed by atoms with Crippen LogP contribution >= 0.6 is 0 Å². The molecule has 1 aromatic carbocycles. The molecular formula is C20H32O3. The Balaban J connectivity index is 3.38. The first-order chi connectivity index (χ1) is 11.0. The molecule has 0 fully saturated rings. The Morgan fingerprint density at radius 2 is 1.78 bits per heavy atom. The van der Waals surface area contributed by atoms with Crippen LogP contribution in [-0.2, 0) is 19.3 Å². The van der Waals surface area contributed by atoms with Gasteiger partial charge in [0.25, 0.3) is 0 Å². The average molecular weight is 320 g/mol. The summed E-state index contributed by atoms with van der Waals surface area (Å²) in [5.41, 5.74) is 3.91. The molecule has 130 valence electrons. The Kier molecular flexibility index (Phi) is 8.15. The van der Waals surface area contributed by atoms with Crippen molar-refractivity contribution in [1.29, 1.82) is 0 Å². The van der Waals surface area contributed by atoms with E-state index in [1.807, 2.05) is 6.07 Å². The van der Waals surface area contributed by atoms with Gasteiger partial charge in [-0.15, -0.1) is 0 Å². The molecule has 1 rings (SSSR count). The van der Waals surface area contributed by atoms with E-state index in [0.29, 0.717) is 23.8 Å². The zero-order chi connectivity index (χ0) is 17.4. The molecule has 0 radical (unpaired) electrons. The van der Waals surface area contributed by atoms with Crippen LogP contribution in [-0.4, -0.2) is 17.7 Å². The van der Waals surface area contributed by atoms with Crippen molar-refractivity contribution in [3.63, 3.8) is 0 Å². The first-order valence-corrected chi connectivity index (χ1v) is 8.99. The SMILES string of the molecule is CCCc1cc(C(=O)O)c(OCCC(C)C)c(CCC)c1CC. The summed E-state index contributed by atoms with van der Waals surface area (Å²) in [4.78, 5) is 11.8. The summed E-state index contributed by atoms with van der Waals surface area (Å²) in [6.45, 7) is 11.3. The topological polar surface area (TPSA) is 46.5 Å². The van der Waals surface area contributed by atoms with Crippen LogP contribution in [0.25, 0.3) is 0 Å². The predicted octanol–water partition coefficient (Wildman–Crippen LogP) is 5.28. The van der Waals surface area contributed by atoms with E-state index >= 15 is 0 Å². The van der Waals surface area contributed by atoms with Gasteiger partial charge in [-0.2, -0.15) is 0 Å². The van der Waals surface area contributed by atoms with E-state index in [-0.39, 0.29) is 0 Å². The summed E-state index contributed by atoms with van der Waals surface area (Å²) in [5.74, 6) is 0.265. The number of aryl methyl sites for hydroxylation is 1. The van der Waals surface area contributed by atoms with Gasteiger partial charge in [0.05, 0.1) is 6.61 Å². The van der Waals surface area contributed by atoms with Crippen molar-refractivity contribution in [2.75, 3.05) is 6.61 Å². The minimum atomic E-state index is -0.887. The number of benzene rings is 1. The van der Waals surface area contributed by atoms with Gasteiger partial charge < -0.3 is 9.84 Å². The fraction of sp³-hybridized carbons (Fsp3) is 0.650. The van der Waals surface area contributed by atoms with Crippen LogP contribution in [0.5, 0.6) is 5.75 Å². The minimum Gasteiger partial charge on any atom is -0.492 e. The minimum absolute atomic E-state index is 0.331. The van der Waals surface area contributed by atoms with Crippen molar-refractivity contribution < 1.29 is 14.6 Å². The second kappa shape index (κ2) is 9.59. The number of carboxylic acids is 1. The lowest BCUT2D eigenvalue weighted by Gasteiger charge is -2.21. The quantitative estimate of drug-likeness (QED) is 0.638. The van der Waals surface area contributed by atoms with E-state index in [9.17, 15) is 9.90 Å². The third kappa shape index (κ3) is 5.26. The molecule has 0 unspecified atom stereocenters. The molecule has 3 heteroatoms. The molecule has 0 saturated heterocycles. The van der Waals surface area contributed by atoms with Crippen molar-refractivity contribution in [3.05, 3.63) is 28.3 Å². The highest BCUT2D eigenvalue weighted by molar-refractivity contribution is 5.92. The summed E-state index contributed by atoms with van der Waals surface area (Å²) in [6.07, 6.45) is 5.66.